The van der Waals surface area contributed by atoms with E-state index in [2.05, 4.69) is 41.0 Å². The Bertz CT molecular complexity index is 2760. The van der Waals surface area contributed by atoms with E-state index in [0.717, 1.165) is 60.9 Å². The van der Waals surface area contributed by atoms with E-state index in [1.54, 1.807) is 12.1 Å². The van der Waals surface area contributed by atoms with Crippen molar-refractivity contribution in [2.45, 2.75) is 0 Å². The van der Waals surface area contributed by atoms with E-state index in [0.29, 0.717) is 28.6 Å². The minimum Gasteiger partial charge on any atom is -0.308 e. The SMILES string of the molecule is N#Cc1cccc(-c2ccc3c(c2)c2ccccc2n3-c2cc(-c3ccccc3F)ccc2-c2nc(-c3ccccc3)nc(-c3ccccc3)n2)c1. The number of nitrogens with zero attached hydrogens (tertiary/aromatic N) is 5. The smallest absolute Gasteiger partial charge is 0.166 e. The molecule has 0 aliphatic rings. The quantitative estimate of drug-likeness (QED) is 0.177. The first-order valence-corrected chi connectivity index (χ1v) is 16.9. The van der Waals surface area contributed by atoms with Crippen molar-refractivity contribution in [3.8, 4) is 68.2 Å². The summed E-state index contributed by atoms with van der Waals surface area (Å²) in [4.78, 5) is 15.1. The first-order chi connectivity index (χ1) is 25.6. The summed E-state index contributed by atoms with van der Waals surface area (Å²) in [5.74, 6) is 1.31. The summed E-state index contributed by atoms with van der Waals surface area (Å²) in [6.45, 7) is 0. The number of rotatable bonds is 6. The van der Waals surface area contributed by atoms with Gasteiger partial charge in [-0.2, -0.15) is 5.26 Å². The zero-order valence-electron chi connectivity index (χ0n) is 27.8. The molecule has 0 saturated carbocycles. The van der Waals surface area contributed by atoms with Crippen molar-refractivity contribution in [2.75, 3.05) is 0 Å². The highest BCUT2D eigenvalue weighted by Crippen LogP contribution is 2.40. The molecule has 7 aromatic carbocycles. The van der Waals surface area contributed by atoms with E-state index in [1.807, 2.05) is 121 Å². The van der Waals surface area contributed by atoms with E-state index >= 15 is 4.39 Å². The summed E-state index contributed by atoms with van der Waals surface area (Å²) in [6, 6.07) is 57.1. The van der Waals surface area contributed by atoms with E-state index in [4.69, 9.17) is 15.0 Å². The molecule has 0 radical (unpaired) electrons. The molecule has 0 unspecified atom stereocenters. The summed E-state index contributed by atoms with van der Waals surface area (Å²) >= 11 is 0. The van der Waals surface area contributed by atoms with E-state index in [-0.39, 0.29) is 5.82 Å². The summed E-state index contributed by atoms with van der Waals surface area (Å²) < 4.78 is 17.6. The van der Waals surface area contributed by atoms with Gasteiger partial charge in [-0.1, -0.05) is 121 Å². The van der Waals surface area contributed by atoms with E-state index in [1.165, 1.54) is 6.07 Å². The molecule has 9 rings (SSSR count). The van der Waals surface area contributed by atoms with Crippen molar-refractivity contribution in [3.63, 3.8) is 0 Å². The second-order valence-electron chi connectivity index (χ2n) is 12.5. The molecule has 0 atom stereocenters. The van der Waals surface area contributed by atoms with Crippen molar-refractivity contribution in [1.29, 1.82) is 5.26 Å². The van der Waals surface area contributed by atoms with Gasteiger partial charge >= 0.3 is 0 Å². The highest BCUT2D eigenvalue weighted by Gasteiger charge is 2.21. The molecule has 52 heavy (non-hydrogen) atoms. The van der Waals surface area contributed by atoms with Gasteiger partial charge in [-0.05, 0) is 65.2 Å². The topological polar surface area (TPSA) is 67.4 Å². The van der Waals surface area contributed by atoms with Crippen LogP contribution >= 0.6 is 0 Å². The van der Waals surface area contributed by atoms with Crippen molar-refractivity contribution in [1.82, 2.24) is 19.5 Å². The lowest BCUT2D eigenvalue weighted by atomic mass is 10.0. The summed E-state index contributed by atoms with van der Waals surface area (Å²) in [6.07, 6.45) is 0. The number of fused-ring (bicyclic) bond motifs is 3. The molecule has 0 aliphatic heterocycles. The Labute approximate surface area is 299 Å². The summed E-state index contributed by atoms with van der Waals surface area (Å²) in [5, 5.41) is 11.7. The fourth-order valence-corrected chi connectivity index (χ4v) is 6.88. The van der Waals surface area contributed by atoms with Crippen LogP contribution in [0.25, 0.3) is 83.9 Å². The predicted octanol–water partition coefficient (Wildman–Crippen LogP) is 11.3. The highest BCUT2D eigenvalue weighted by atomic mass is 19.1. The number of hydrogen-bond donors (Lipinski definition) is 0. The largest absolute Gasteiger partial charge is 0.308 e. The van der Waals surface area contributed by atoms with Gasteiger partial charge < -0.3 is 4.57 Å². The standard InChI is InChI=1S/C46H28FN5/c47-40-20-9-7-18-36(40)35-22-24-38(46-50-44(31-13-3-1-4-14-31)49-45(51-46)32-15-5-2-6-16-32)43(28-35)52-41-21-10-8-19-37(41)39-27-34(23-25-42(39)52)33-17-11-12-30(26-33)29-48/h1-28H. The molecule has 9 aromatic rings. The maximum atomic E-state index is 15.4. The van der Waals surface area contributed by atoms with Gasteiger partial charge in [-0.3, -0.25) is 0 Å². The average Bonchev–Trinajstić information content (AvgIpc) is 3.55. The summed E-state index contributed by atoms with van der Waals surface area (Å²) in [7, 11) is 0. The van der Waals surface area contributed by atoms with Crippen LogP contribution in [0.3, 0.4) is 0 Å². The molecular weight excluding hydrogens is 642 g/mol. The van der Waals surface area contributed by atoms with Gasteiger partial charge in [-0.15, -0.1) is 0 Å². The second-order valence-corrected chi connectivity index (χ2v) is 12.5. The monoisotopic (exact) mass is 669 g/mol. The van der Waals surface area contributed by atoms with Crippen LogP contribution in [0.5, 0.6) is 0 Å². The number of para-hydroxylation sites is 1. The normalized spacial score (nSPS) is 11.2. The highest BCUT2D eigenvalue weighted by molar-refractivity contribution is 6.11. The third kappa shape index (κ3) is 5.47. The lowest BCUT2D eigenvalue weighted by molar-refractivity contribution is 0.631. The fourth-order valence-electron chi connectivity index (χ4n) is 6.88. The molecule has 0 fully saturated rings. The van der Waals surface area contributed by atoms with Gasteiger partial charge in [0.05, 0.1) is 28.4 Å². The van der Waals surface area contributed by atoms with Crippen LogP contribution < -0.4 is 0 Å². The minimum absolute atomic E-state index is 0.300. The van der Waals surface area contributed by atoms with Crippen LogP contribution in [0.15, 0.2) is 170 Å². The number of benzene rings is 7. The lowest BCUT2D eigenvalue weighted by Crippen LogP contribution is -2.04. The van der Waals surface area contributed by atoms with Gasteiger partial charge in [0.1, 0.15) is 5.82 Å². The van der Waals surface area contributed by atoms with Gasteiger partial charge in [0.2, 0.25) is 0 Å². The molecule has 0 amide bonds. The molecule has 2 heterocycles. The Hall–Kier alpha value is -7.23. The van der Waals surface area contributed by atoms with Crippen molar-refractivity contribution in [2.24, 2.45) is 0 Å². The molecule has 0 saturated heterocycles. The third-order valence-corrected chi connectivity index (χ3v) is 9.36. The first kappa shape index (κ1) is 30.8. The first-order valence-electron chi connectivity index (χ1n) is 16.9. The van der Waals surface area contributed by atoms with Crippen LogP contribution in [0.2, 0.25) is 0 Å². The van der Waals surface area contributed by atoms with Gasteiger partial charge in [-0.25, -0.2) is 19.3 Å². The fraction of sp³-hybridized carbons (Fsp3) is 0. The van der Waals surface area contributed by atoms with Crippen molar-refractivity contribution >= 4 is 21.8 Å². The molecule has 0 aliphatic carbocycles. The van der Waals surface area contributed by atoms with Gasteiger partial charge in [0.25, 0.3) is 0 Å². The maximum Gasteiger partial charge on any atom is 0.166 e. The number of nitriles is 1. The zero-order chi connectivity index (χ0) is 35.0. The molecule has 0 N–H and O–H groups in total. The van der Waals surface area contributed by atoms with Crippen LogP contribution in [0.4, 0.5) is 4.39 Å². The minimum atomic E-state index is -0.300. The summed E-state index contributed by atoms with van der Waals surface area (Å²) in [5.41, 5.74) is 9.07. The van der Waals surface area contributed by atoms with Crippen LogP contribution in [0, 0.1) is 17.1 Å². The second kappa shape index (κ2) is 12.9. The lowest BCUT2D eigenvalue weighted by Gasteiger charge is -2.17. The molecule has 0 spiro atoms. The Kier molecular flexibility index (Phi) is 7.64. The Morgan fingerprint density at radius 2 is 1.04 bits per heavy atom. The third-order valence-electron chi connectivity index (χ3n) is 9.36. The number of halogens is 1. The van der Waals surface area contributed by atoms with Crippen LogP contribution in [0.1, 0.15) is 5.56 Å². The van der Waals surface area contributed by atoms with Crippen LogP contribution in [-0.4, -0.2) is 19.5 Å². The zero-order valence-corrected chi connectivity index (χ0v) is 27.8. The molecule has 2 aromatic heterocycles. The molecule has 244 valence electrons. The molecule has 5 nitrogen and oxygen atoms in total. The van der Waals surface area contributed by atoms with Crippen LogP contribution in [-0.2, 0) is 0 Å². The van der Waals surface area contributed by atoms with Gasteiger partial charge in [0.15, 0.2) is 17.5 Å². The van der Waals surface area contributed by atoms with Gasteiger partial charge in [0, 0.05) is 33.0 Å². The van der Waals surface area contributed by atoms with Crippen molar-refractivity contribution in [3.05, 3.63) is 181 Å². The number of aromatic nitrogens is 4. The Morgan fingerprint density at radius 3 is 1.77 bits per heavy atom. The Balaban J connectivity index is 1.34. The number of hydrogen-bond acceptors (Lipinski definition) is 4. The molecule has 0 bridgehead atoms. The predicted molar refractivity (Wildman–Crippen MR) is 206 cm³/mol. The molecular formula is C46H28FN5. The maximum absolute atomic E-state index is 15.4. The molecule has 6 heteroatoms. The average molecular weight is 670 g/mol. The van der Waals surface area contributed by atoms with Crippen molar-refractivity contribution < 1.29 is 4.39 Å². The Morgan fingerprint density at radius 1 is 0.442 bits per heavy atom. The van der Waals surface area contributed by atoms with E-state index in [9.17, 15) is 5.26 Å². The van der Waals surface area contributed by atoms with E-state index < -0.39 is 0 Å².